The van der Waals surface area contributed by atoms with Gasteiger partial charge in [-0.3, -0.25) is 4.79 Å². The molecule has 1 fully saturated rings. The summed E-state index contributed by atoms with van der Waals surface area (Å²) in [6, 6.07) is 5.30. The molecule has 2 N–H and O–H groups in total. The van der Waals surface area contributed by atoms with Gasteiger partial charge in [0.25, 0.3) is 0 Å². The van der Waals surface area contributed by atoms with Crippen molar-refractivity contribution in [2.75, 3.05) is 19.6 Å². The topological polar surface area (TPSA) is 69.6 Å². The first-order valence-electron chi connectivity index (χ1n) is 7.47. The molecule has 2 aliphatic rings. The number of hydrogen-bond donors (Lipinski definition) is 2. The summed E-state index contributed by atoms with van der Waals surface area (Å²) >= 11 is 0. The molecule has 112 valence electrons. The highest BCUT2D eigenvalue weighted by molar-refractivity contribution is 5.90. The lowest BCUT2D eigenvalue weighted by molar-refractivity contribution is -0.131. The van der Waals surface area contributed by atoms with E-state index in [1.54, 1.807) is 12.1 Å². The Kier molecular flexibility index (Phi) is 3.92. The average Bonchev–Trinajstić information content (AvgIpc) is 3.30. The van der Waals surface area contributed by atoms with Crippen LogP contribution in [0.5, 0.6) is 0 Å². The summed E-state index contributed by atoms with van der Waals surface area (Å²) in [6.07, 6.45) is 3.17. The minimum Gasteiger partial charge on any atom is -0.478 e. The number of benzene rings is 1. The van der Waals surface area contributed by atoms with Crippen LogP contribution in [-0.2, 0) is 17.8 Å². The van der Waals surface area contributed by atoms with Crippen LogP contribution in [0.25, 0.3) is 0 Å². The molecule has 1 aromatic rings. The highest BCUT2D eigenvalue weighted by Crippen LogP contribution is 2.27. The molecular weight excluding hydrogens is 268 g/mol. The molecule has 0 bridgehead atoms. The Morgan fingerprint density at radius 1 is 1.33 bits per heavy atom. The van der Waals surface area contributed by atoms with Gasteiger partial charge in [-0.05, 0) is 48.9 Å². The number of carbonyl (C=O) groups is 2. The number of fused-ring (bicyclic) bond motifs is 1. The van der Waals surface area contributed by atoms with Gasteiger partial charge >= 0.3 is 5.97 Å². The lowest BCUT2D eigenvalue weighted by Crippen LogP contribution is -2.41. The van der Waals surface area contributed by atoms with E-state index in [-0.39, 0.29) is 5.91 Å². The molecule has 0 unspecified atom stereocenters. The number of hydrogen-bond acceptors (Lipinski definition) is 3. The maximum atomic E-state index is 12.2. The van der Waals surface area contributed by atoms with Crippen LogP contribution in [-0.4, -0.2) is 41.5 Å². The Morgan fingerprint density at radius 2 is 2.14 bits per heavy atom. The molecule has 5 nitrogen and oxygen atoms in total. The van der Waals surface area contributed by atoms with E-state index < -0.39 is 5.97 Å². The van der Waals surface area contributed by atoms with Crippen molar-refractivity contribution in [3.63, 3.8) is 0 Å². The smallest absolute Gasteiger partial charge is 0.335 e. The van der Waals surface area contributed by atoms with Gasteiger partial charge in [0.05, 0.1) is 12.1 Å². The second-order valence-electron chi connectivity index (χ2n) is 5.89. The molecule has 1 saturated carbocycles. The Labute approximate surface area is 123 Å². The highest BCUT2D eigenvalue weighted by atomic mass is 16.4. The number of nitrogens with zero attached hydrogens (tertiary/aromatic N) is 1. The fourth-order valence-corrected chi connectivity index (χ4v) is 2.84. The van der Waals surface area contributed by atoms with Crippen LogP contribution in [0.15, 0.2) is 18.2 Å². The van der Waals surface area contributed by atoms with E-state index in [2.05, 4.69) is 5.32 Å². The fraction of sp³-hybridized carbons (Fsp3) is 0.500. The lowest BCUT2D eigenvalue weighted by atomic mass is 9.94. The largest absolute Gasteiger partial charge is 0.478 e. The molecule has 1 aromatic carbocycles. The van der Waals surface area contributed by atoms with Gasteiger partial charge < -0.3 is 15.3 Å². The molecule has 0 radical (unpaired) electrons. The zero-order chi connectivity index (χ0) is 14.8. The molecule has 1 amide bonds. The molecule has 0 spiro atoms. The second-order valence-corrected chi connectivity index (χ2v) is 5.89. The minimum absolute atomic E-state index is 0.0991. The minimum atomic E-state index is -0.891. The van der Waals surface area contributed by atoms with E-state index in [0.717, 1.165) is 23.6 Å². The molecular formula is C16H20N2O3. The van der Waals surface area contributed by atoms with Gasteiger partial charge in [0.15, 0.2) is 0 Å². The Balaban J connectivity index is 1.62. The van der Waals surface area contributed by atoms with E-state index in [1.165, 1.54) is 12.8 Å². The number of carboxylic acids is 1. The molecule has 5 heteroatoms. The van der Waals surface area contributed by atoms with E-state index in [9.17, 15) is 14.7 Å². The third-order valence-corrected chi connectivity index (χ3v) is 4.26. The molecule has 1 aliphatic carbocycles. The summed E-state index contributed by atoms with van der Waals surface area (Å²) in [5.41, 5.74) is 2.20. The van der Waals surface area contributed by atoms with Gasteiger partial charge in [-0.25, -0.2) is 4.79 Å². The zero-order valence-electron chi connectivity index (χ0n) is 12.0. The van der Waals surface area contributed by atoms with Crippen molar-refractivity contribution in [1.29, 1.82) is 0 Å². The number of carbonyl (C=O) groups excluding carboxylic acids is 1. The molecule has 0 saturated heterocycles. The van der Waals surface area contributed by atoms with Crippen molar-refractivity contribution in [2.24, 2.45) is 5.92 Å². The monoisotopic (exact) mass is 288 g/mol. The Morgan fingerprint density at radius 3 is 2.86 bits per heavy atom. The van der Waals surface area contributed by atoms with Crippen LogP contribution in [0, 0.1) is 5.92 Å². The summed E-state index contributed by atoms with van der Waals surface area (Å²) in [6.45, 7) is 2.42. The molecule has 0 aromatic heterocycles. The summed E-state index contributed by atoms with van der Waals surface area (Å²) in [5, 5.41) is 12.4. The van der Waals surface area contributed by atoms with Crippen LogP contribution >= 0.6 is 0 Å². The standard InChI is InChI=1S/C16H20N2O3/c19-15(9-17-8-11-4-5-11)18-7-6-13-12(10-18)2-1-3-14(13)16(20)21/h1-3,11,17H,4-10H2,(H,20,21). The lowest BCUT2D eigenvalue weighted by Gasteiger charge is -2.29. The first-order chi connectivity index (χ1) is 10.1. The van der Waals surface area contributed by atoms with Crippen molar-refractivity contribution in [1.82, 2.24) is 10.2 Å². The van der Waals surface area contributed by atoms with Crippen LogP contribution in [0.4, 0.5) is 0 Å². The summed E-state index contributed by atoms with van der Waals surface area (Å²) in [4.78, 5) is 25.2. The van der Waals surface area contributed by atoms with Gasteiger partial charge in [-0.2, -0.15) is 0 Å². The molecule has 0 atom stereocenters. The van der Waals surface area contributed by atoms with Gasteiger partial charge in [-0.1, -0.05) is 12.1 Å². The summed E-state index contributed by atoms with van der Waals surface area (Å²) < 4.78 is 0. The number of nitrogens with one attached hydrogen (secondary N) is 1. The normalized spacial score (nSPS) is 17.4. The van der Waals surface area contributed by atoms with Crippen LogP contribution in [0.2, 0.25) is 0 Å². The molecule has 1 aliphatic heterocycles. The first kappa shape index (κ1) is 14.1. The van der Waals surface area contributed by atoms with Gasteiger partial charge in [0.2, 0.25) is 5.91 Å². The maximum absolute atomic E-state index is 12.2. The summed E-state index contributed by atoms with van der Waals surface area (Å²) in [5.74, 6) is -0.0299. The highest BCUT2D eigenvalue weighted by Gasteiger charge is 2.25. The van der Waals surface area contributed by atoms with Crippen molar-refractivity contribution >= 4 is 11.9 Å². The van der Waals surface area contributed by atoms with Crippen molar-refractivity contribution in [3.05, 3.63) is 34.9 Å². The zero-order valence-corrected chi connectivity index (χ0v) is 12.0. The van der Waals surface area contributed by atoms with Gasteiger partial charge in [-0.15, -0.1) is 0 Å². The van der Waals surface area contributed by atoms with Crippen molar-refractivity contribution in [2.45, 2.75) is 25.8 Å². The molecule has 1 heterocycles. The van der Waals surface area contributed by atoms with Crippen molar-refractivity contribution < 1.29 is 14.7 Å². The van der Waals surface area contributed by atoms with E-state index in [4.69, 9.17) is 0 Å². The number of aromatic carboxylic acids is 1. The summed E-state index contributed by atoms with van der Waals surface area (Å²) in [7, 11) is 0. The van der Waals surface area contributed by atoms with Gasteiger partial charge in [0.1, 0.15) is 0 Å². The predicted octanol–water partition coefficient (Wildman–Crippen LogP) is 1.27. The van der Waals surface area contributed by atoms with E-state index >= 15 is 0 Å². The number of amides is 1. The SMILES string of the molecule is O=C(O)c1cccc2c1CCN(C(=O)CNCC1CC1)C2. The number of carboxylic acid groups (broad SMARTS) is 1. The second kappa shape index (κ2) is 5.85. The number of rotatable bonds is 5. The quantitative estimate of drug-likeness (QED) is 0.856. The van der Waals surface area contributed by atoms with Crippen LogP contribution in [0.3, 0.4) is 0 Å². The Hall–Kier alpha value is -1.88. The van der Waals surface area contributed by atoms with E-state index in [0.29, 0.717) is 31.6 Å². The molecule has 21 heavy (non-hydrogen) atoms. The third-order valence-electron chi connectivity index (χ3n) is 4.26. The predicted molar refractivity (Wildman–Crippen MR) is 78.1 cm³/mol. The van der Waals surface area contributed by atoms with Crippen molar-refractivity contribution in [3.8, 4) is 0 Å². The van der Waals surface area contributed by atoms with Crippen LogP contribution in [0.1, 0.15) is 34.3 Å². The van der Waals surface area contributed by atoms with Gasteiger partial charge in [0, 0.05) is 13.1 Å². The fourth-order valence-electron chi connectivity index (χ4n) is 2.84. The average molecular weight is 288 g/mol. The Bertz CT molecular complexity index is 567. The first-order valence-corrected chi connectivity index (χ1v) is 7.47. The van der Waals surface area contributed by atoms with Crippen LogP contribution < -0.4 is 5.32 Å². The maximum Gasteiger partial charge on any atom is 0.335 e. The molecule has 3 rings (SSSR count). The third kappa shape index (κ3) is 3.24. The van der Waals surface area contributed by atoms with E-state index in [1.807, 2.05) is 11.0 Å².